The van der Waals surface area contributed by atoms with Gasteiger partial charge in [0.1, 0.15) is 11.4 Å². The molecule has 43 heavy (non-hydrogen) atoms. The number of nitrogens with one attached hydrogen (secondary N) is 1. The zero-order valence-corrected chi connectivity index (χ0v) is 25.5. The van der Waals surface area contributed by atoms with Crippen LogP contribution in [0.15, 0.2) is 42.6 Å². The summed E-state index contributed by atoms with van der Waals surface area (Å²) in [5.41, 5.74) is 5.24. The molecule has 3 aromatic heterocycles. The zero-order chi connectivity index (χ0) is 30.1. The molecule has 4 aromatic rings. The van der Waals surface area contributed by atoms with E-state index in [9.17, 15) is 4.79 Å². The summed E-state index contributed by atoms with van der Waals surface area (Å²) in [5, 5.41) is 10.1. The molecule has 11 nitrogen and oxygen atoms in total. The van der Waals surface area contributed by atoms with Crippen molar-refractivity contribution in [2.45, 2.75) is 64.5 Å². The number of benzene rings is 1. The Labute approximate surface area is 251 Å². The van der Waals surface area contributed by atoms with Crippen LogP contribution in [-0.4, -0.2) is 75.3 Å². The Morgan fingerprint density at radius 3 is 2.65 bits per heavy atom. The van der Waals surface area contributed by atoms with Gasteiger partial charge in [-0.3, -0.25) is 0 Å². The van der Waals surface area contributed by atoms with Crippen LogP contribution in [0.3, 0.4) is 0 Å². The summed E-state index contributed by atoms with van der Waals surface area (Å²) in [6.45, 7) is 10.1. The van der Waals surface area contributed by atoms with Gasteiger partial charge in [0.05, 0.1) is 11.7 Å². The second-order valence-corrected chi connectivity index (χ2v) is 12.2. The molecule has 1 aromatic carbocycles. The maximum absolute atomic E-state index is 12.5. The molecule has 2 aliphatic rings. The van der Waals surface area contributed by atoms with Crippen molar-refractivity contribution < 1.29 is 19.0 Å². The summed E-state index contributed by atoms with van der Waals surface area (Å²) < 4.78 is 16.5. The number of methoxy groups -OCH3 is 1. The molecule has 0 unspecified atom stereocenters. The summed E-state index contributed by atoms with van der Waals surface area (Å²) in [6.07, 6.45) is 4.12. The lowest BCUT2D eigenvalue weighted by molar-refractivity contribution is 0.0204. The summed E-state index contributed by atoms with van der Waals surface area (Å²) in [7, 11) is 1.60. The first-order valence-electron chi connectivity index (χ1n) is 14.9. The number of likely N-dealkylation sites (tertiary alicyclic amines) is 1. The van der Waals surface area contributed by atoms with Gasteiger partial charge in [-0.05, 0) is 64.8 Å². The lowest BCUT2D eigenvalue weighted by Crippen LogP contribution is -2.41. The standard InChI is InChI=1S/C32H39N7O4/c1-20-28-23-18-26(22-8-6-7-9-27(22)42-19-41-5)36-37-29(23)34-25(28)13-17-39(20)30-33-14-10-24(35-30)21-11-15-38(16-12-21)31(40)43-32(2,3)4/h6-10,14,18,20-21H,11-13,15-17,19H2,1-5H3,(H,34,37)/t20-/m1/s1. The third-order valence-corrected chi connectivity index (χ3v) is 8.15. The molecule has 0 aliphatic carbocycles. The number of fused-ring (bicyclic) bond motifs is 3. The quantitative estimate of drug-likeness (QED) is 0.287. The monoisotopic (exact) mass is 585 g/mol. The van der Waals surface area contributed by atoms with E-state index in [0.717, 1.165) is 59.7 Å². The lowest BCUT2D eigenvalue weighted by atomic mass is 9.93. The van der Waals surface area contributed by atoms with Crippen molar-refractivity contribution in [3.63, 3.8) is 0 Å². The van der Waals surface area contributed by atoms with Crippen molar-refractivity contribution in [1.29, 1.82) is 0 Å². The predicted molar refractivity (Wildman–Crippen MR) is 163 cm³/mol. The van der Waals surface area contributed by atoms with Crippen molar-refractivity contribution in [2.24, 2.45) is 0 Å². The van der Waals surface area contributed by atoms with Crippen LogP contribution in [0.1, 0.15) is 69.4 Å². The van der Waals surface area contributed by atoms with Crippen LogP contribution in [0.4, 0.5) is 10.7 Å². The zero-order valence-electron chi connectivity index (χ0n) is 25.5. The molecule has 1 amide bonds. The second kappa shape index (κ2) is 11.8. The van der Waals surface area contributed by atoms with Crippen molar-refractivity contribution in [3.8, 4) is 17.0 Å². The number of nitrogens with zero attached hydrogens (tertiary/aromatic N) is 6. The number of hydrogen-bond acceptors (Lipinski definition) is 9. The molecule has 1 saturated heterocycles. The third kappa shape index (κ3) is 5.99. The molecule has 5 heterocycles. The molecule has 1 atom stereocenters. The number of amides is 1. The Hall–Kier alpha value is -4.25. The fourth-order valence-corrected chi connectivity index (χ4v) is 6.06. The summed E-state index contributed by atoms with van der Waals surface area (Å²) in [5.74, 6) is 1.68. The normalized spacial score (nSPS) is 17.7. The lowest BCUT2D eigenvalue weighted by Gasteiger charge is -2.35. The Balaban J connectivity index is 1.23. The van der Waals surface area contributed by atoms with Gasteiger partial charge >= 0.3 is 6.09 Å². The fourth-order valence-electron chi connectivity index (χ4n) is 6.06. The highest BCUT2D eigenvalue weighted by molar-refractivity contribution is 5.86. The molecular formula is C32H39N7O4. The number of carbonyl (C=O) groups is 1. The van der Waals surface area contributed by atoms with Gasteiger partial charge in [-0.2, -0.15) is 0 Å². The highest BCUT2D eigenvalue weighted by Crippen LogP contribution is 2.39. The Morgan fingerprint density at radius 1 is 1.09 bits per heavy atom. The van der Waals surface area contributed by atoms with Crippen LogP contribution < -0.4 is 9.64 Å². The Morgan fingerprint density at radius 2 is 1.88 bits per heavy atom. The number of carbonyl (C=O) groups excluding carboxylic acids is 1. The highest BCUT2D eigenvalue weighted by atomic mass is 16.7. The molecule has 226 valence electrons. The van der Waals surface area contributed by atoms with Gasteiger partial charge in [-0.1, -0.05) is 12.1 Å². The maximum Gasteiger partial charge on any atom is 0.410 e. The average Bonchev–Trinajstić information content (AvgIpc) is 3.38. The Kier molecular flexibility index (Phi) is 7.91. The first-order valence-corrected chi connectivity index (χ1v) is 14.9. The molecule has 0 spiro atoms. The summed E-state index contributed by atoms with van der Waals surface area (Å²) in [6, 6.07) is 11.9. The molecular weight excluding hydrogens is 546 g/mol. The van der Waals surface area contributed by atoms with Gasteiger partial charge in [-0.25, -0.2) is 14.8 Å². The largest absolute Gasteiger partial charge is 0.467 e. The van der Waals surface area contributed by atoms with Crippen LogP contribution in [0.25, 0.3) is 22.3 Å². The van der Waals surface area contributed by atoms with Crippen LogP contribution >= 0.6 is 0 Å². The van der Waals surface area contributed by atoms with Gasteiger partial charge in [0, 0.05) is 73.2 Å². The molecule has 1 N–H and O–H groups in total. The van der Waals surface area contributed by atoms with Crippen molar-refractivity contribution in [2.75, 3.05) is 38.4 Å². The highest BCUT2D eigenvalue weighted by Gasteiger charge is 2.32. The van der Waals surface area contributed by atoms with E-state index < -0.39 is 5.60 Å². The minimum absolute atomic E-state index is 0.0267. The smallest absolute Gasteiger partial charge is 0.410 e. The number of H-pyrrole nitrogens is 1. The van der Waals surface area contributed by atoms with E-state index in [-0.39, 0.29) is 24.8 Å². The van der Waals surface area contributed by atoms with E-state index in [1.165, 1.54) is 11.3 Å². The number of hydrogen-bond donors (Lipinski definition) is 1. The fraction of sp³-hybridized carbons (Fsp3) is 0.469. The number of aromatic nitrogens is 5. The minimum atomic E-state index is -0.498. The maximum atomic E-state index is 12.5. The van der Waals surface area contributed by atoms with Gasteiger partial charge in [0.2, 0.25) is 5.95 Å². The number of ether oxygens (including phenoxy) is 3. The number of para-hydroxylation sites is 1. The molecule has 6 rings (SSSR count). The third-order valence-electron chi connectivity index (χ3n) is 8.15. The number of aromatic amines is 1. The van der Waals surface area contributed by atoms with Crippen LogP contribution in [0.2, 0.25) is 0 Å². The molecule has 11 heteroatoms. The second-order valence-electron chi connectivity index (χ2n) is 12.2. The topological polar surface area (TPSA) is 119 Å². The van der Waals surface area contributed by atoms with Crippen LogP contribution in [0, 0.1) is 0 Å². The van der Waals surface area contributed by atoms with Crippen LogP contribution in [0.5, 0.6) is 5.75 Å². The number of piperidine rings is 1. The molecule has 1 fully saturated rings. The number of rotatable bonds is 6. The van der Waals surface area contributed by atoms with Gasteiger partial charge in [0.25, 0.3) is 0 Å². The van der Waals surface area contributed by atoms with E-state index in [1.54, 1.807) is 12.0 Å². The van der Waals surface area contributed by atoms with E-state index in [4.69, 9.17) is 24.2 Å². The van der Waals surface area contributed by atoms with E-state index >= 15 is 0 Å². The summed E-state index contributed by atoms with van der Waals surface area (Å²) >= 11 is 0. The molecule has 0 radical (unpaired) electrons. The van der Waals surface area contributed by atoms with Gasteiger partial charge in [-0.15, -0.1) is 10.2 Å². The molecule has 0 saturated carbocycles. The van der Waals surface area contributed by atoms with E-state index in [2.05, 4.69) is 33.1 Å². The first-order chi connectivity index (χ1) is 20.7. The average molecular weight is 586 g/mol. The van der Waals surface area contributed by atoms with Gasteiger partial charge < -0.3 is 29.0 Å². The molecule has 0 bridgehead atoms. The number of anilines is 1. The molecule has 2 aliphatic heterocycles. The minimum Gasteiger partial charge on any atom is -0.467 e. The van der Waals surface area contributed by atoms with Crippen molar-refractivity contribution >= 4 is 23.1 Å². The predicted octanol–water partition coefficient (Wildman–Crippen LogP) is 5.64. The first kappa shape index (κ1) is 28.9. The van der Waals surface area contributed by atoms with Gasteiger partial charge in [0.15, 0.2) is 12.4 Å². The van der Waals surface area contributed by atoms with E-state index in [0.29, 0.717) is 18.8 Å². The van der Waals surface area contributed by atoms with Crippen LogP contribution in [-0.2, 0) is 15.9 Å². The van der Waals surface area contributed by atoms with Crippen molar-refractivity contribution in [1.82, 2.24) is 30.0 Å². The SMILES string of the molecule is COCOc1ccccc1-c1cc2c3c([nH]c2nn1)CCN(c1nccc(C2CCN(C(=O)OC(C)(C)C)CC2)n1)[C@@H]3C. The van der Waals surface area contributed by atoms with E-state index in [1.807, 2.05) is 57.3 Å². The van der Waals surface area contributed by atoms with Crippen molar-refractivity contribution in [3.05, 3.63) is 59.5 Å². The summed E-state index contributed by atoms with van der Waals surface area (Å²) in [4.78, 5) is 29.9. The Bertz CT molecular complexity index is 1610.